The van der Waals surface area contributed by atoms with E-state index in [2.05, 4.69) is 10.3 Å². The molecule has 0 aliphatic carbocycles. The molecule has 0 saturated carbocycles. The smallest absolute Gasteiger partial charge is 0.220 e. The van der Waals surface area contributed by atoms with Crippen LogP contribution in [0.2, 0.25) is 5.02 Å². The fraction of sp³-hybridized carbons (Fsp3) is 0.412. The Bertz CT molecular complexity index is 625. The average molecular weight is 337 g/mol. The summed E-state index contributed by atoms with van der Waals surface area (Å²) < 4.78 is 5.64. The summed E-state index contributed by atoms with van der Waals surface area (Å²) in [4.78, 5) is 15.9. The second-order valence-corrected chi connectivity index (χ2v) is 5.81. The van der Waals surface area contributed by atoms with Gasteiger partial charge in [-0.2, -0.15) is 0 Å². The average Bonchev–Trinajstić information content (AvgIpc) is 3.01. The van der Waals surface area contributed by atoms with Crippen molar-refractivity contribution in [2.75, 3.05) is 6.54 Å². The van der Waals surface area contributed by atoms with Gasteiger partial charge in [-0.3, -0.25) is 4.79 Å². The number of halogens is 1. The van der Waals surface area contributed by atoms with E-state index in [-0.39, 0.29) is 18.9 Å². The molecule has 0 aliphatic heterocycles. The summed E-state index contributed by atoms with van der Waals surface area (Å²) >= 11 is 5.85. The molecule has 2 aromatic rings. The predicted molar refractivity (Wildman–Crippen MR) is 89.2 cm³/mol. The third-order valence-corrected chi connectivity index (χ3v) is 3.66. The largest absolute Gasteiger partial charge is 0.441 e. The first-order valence-electron chi connectivity index (χ1n) is 7.74. The molecule has 0 fully saturated rings. The highest BCUT2D eigenvalue weighted by Crippen LogP contribution is 2.22. The number of aromatic nitrogens is 1. The number of hydrogen-bond acceptors (Lipinski definition) is 4. The summed E-state index contributed by atoms with van der Waals surface area (Å²) in [6.07, 6.45) is 3.43. The summed E-state index contributed by atoms with van der Waals surface area (Å²) in [5.41, 5.74) is 0.889. The third kappa shape index (κ3) is 5.69. The van der Waals surface area contributed by atoms with Crippen LogP contribution in [-0.2, 0) is 11.2 Å². The molecule has 23 heavy (non-hydrogen) atoms. The summed E-state index contributed by atoms with van der Waals surface area (Å²) in [6, 6.07) is 7.28. The number of rotatable bonds is 8. The van der Waals surface area contributed by atoms with E-state index < -0.39 is 6.10 Å². The number of oxazole rings is 1. The zero-order valence-electron chi connectivity index (χ0n) is 13.1. The van der Waals surface area contributed by atoms with E-state index in [1.807, 2.05) is 19.1 Å². The van der Waals surface area contributed by atoms with Crippen molar-refractivity contribution in [3.05, 3.63) is 41.4 Å². The van der Waals surface area contributed by atoms with Gasteiger partial charge in [0, 0.05) is 30.0 Å². The number of aliphatic hydroxyl groups is 1. The highest BCUT2D eigenvalue weighted by atomic mass is 35.5. The van der Waals surface area contributed by atoms with Gasteiger partial charge in [-0.25, -0.2) is 4.98 Å². The summed E-state index contributed by atoms with van der Waals surface area (Å²) in [5, 5.41) is 12.9. The Hall–Kier alpha value is -1.85. The Morgan fingerprint density at radius 2 is 2.13 bits per heavy atom. The highest BCUT2D eigenvalue weighted by molar-refractivity contribution is 6.30. The Morgan fingerprint density at radius 3 is 2.83 bits per heavy atom. The van der Waals surface area contributed by atoms with Gasteiger partial charge in [0.1, 0.15) is 0 Å². The summed E-state index contributed by atoms with van der Waals surface area (Å²) in [7, 11) is 0. The van der Waals surface area contributed by atoms with Crippen LogP contribution in [-0.4, -0.2) is 28.6 Å². The molecule has 6 heteroatoms. The van der Waals surface area contributed by atoms with E-state index in [4.69, 9.17) is 16.0 Å². The number of hydrogen-bond donors (Lipinski definition) is 2. The second-order valence-electron chi connectivity index (χ2n) is 5.37. The van der Waals surface area contributed by atoms with Crippen molar-refractivity contribution in [3.63, 3.8) is 0 Å². The molecule has 1 atom stereocenters. The molecule has 0 spiro atoms. The number of carbonyl (C=O) groups is 1. The maximum atomic E-state index is 11.7. The lowest BCUT2D eigenvalue weighted by molar-refractivity contribution is -0.121. The van der Waals surface area contributed by atoms with Gasteiger partial charge in [-0.05, 0) is 30.7 Å². The lowest BCUT2D eigenvalue weighted by Crippen LogP contribution is -2.32. The van der Waals surface area contributed by atoms with Crippen LogP contribution < -0.4 is 5.32 Å². The number of carbonyl (C=O) groups excluding carboxylic acids is 1. The zero-order chi connectivity index (χ0) is 16.7. The molecule has 124 valence electrons. The van der Waals surface area contributed by atoms with Crippen LogP contribution in [0.5, 0.6) is 0 Å². The molecule has 2 N–H and O–H groups in total. The van der Waals surface area contributed by atoms with E-state index in [1.165, 1.54) is 0 Å². The first-order valence-corrected chi connectivity index (χ1v) is 8.11. The van der Waals surface area contributed by atoms with Crippen molar-refractivity contribution in [3.8, 4) is 11.3 Å². The zero-order valence-corrected chi connectivity index (χ0v) is 13.8. The molecular weight excluding hydrogens is 316 g/mol. The molecule has 1 aromatic carbocycles. The Morgan fingerprint density at radius 1 is 1.39 bits per heavy atom. The molecule has 0 aliphatic rings. The molecule has 5 nitrogen and oxygen atoms in total. The summed E-state index contributed by atoms with van der Waals surface area (Å²) in [5.74, 6) is 1.04. The van der Waals surface area contributed by atoms with Crippen molar-refractivity contribution >= 4 is 17.5 Å². The molecule has 0 saturated heterocycles. The number of aliphatic hydroxyl groups excluding tert-OH is 1. The monoisotopic (exact) mass is 336 g/mol. The maximum Gasteiger partial charge on any atom is 0.220 e. The molecule has 1 aromatic heterocycles. The Kier molecular flexibility index (Phi) is 6.62. The molecule has 1 amide bonds. The van der Waals surface area contributed by atoms with Gasteiger partial charge in [-0.1, -0.05) is 24.9 Å². The molecule has 0 radical (unpaired) electrons. The topological polar surface area (TPSA) is 75.4 Å². The van der Waals surface area contributed by atoms with Crippen molar-refractivity contribution in [1.29, 1.82) is 0 Å². The quantitative estimate of drug-likeness (QED) is 0.776. The van der Waals surface area contributed by atoms with Crippen LogP contribution in [0.15, 0.2) is 34.9 Å². The van der Waals surface area contributed by atoms with Crippen LogP contribution >= 0.6 is 11.6 Å². The normalized spacial score (nSPS) is 12.1. The van der Waals surface area contributed by atoms with Gasteiger partial charge >= 0.3 is 0 Å². The van der Waals surface area contributed by atoms with E-state index in [0.717, 1.165) is 12.0 Å². The third-order valence-electron chi connectivity index (χ3n) is 3.40. The first-order chi connectivity index (χ1) is 11.1. The number of benzene rings is 1. The lowest BCUT2D eigenvalue weighted by atomic mass is 10.2. The van der Waals surface area contributed by atoms with E-state index in [0.29, 0.717) is 29.5 Å². The molecule has 1 unspecified atom stereocenters. The Labute approximate surface area is 140 Å². The van der Waals surface area contributed by atoms with E-state index in [1.54, 1.807) is 18.3 Å². The van der Waals surface area contributed by atoms with E-state index in [9.17, 15) is 9.90 Å². The number of nitrogens with zero attached hydrogens (tertiary/aromatic N) is 1. The van der Waals surface area contributed by atoms with Gasteiger partial charge in [0.2, 0.25) is 5.91 Å². The fourth-order valence-electron chi connectivity index (χ4n) is 2.15. The van der Waals surface area contributed by atoms with Crippen LogP contribution in [0.4, 0.5) is 0 Å². The number of nitrogens with one attached hydrogen (secondary N) is 1. The minimum atomic E-state index is -0.484. The lowest BCUT2D eigenvalue weighted by Gasteiger charge is -2.10. The minimum Gasteiger partial charge on any atom is -0.441 e. The van der Waals surface area contributed by atoms with Gasteiger partial charge in [0.15, 0.2) is 11.7 Å². The van der Waals surface area contributed by atoms with Crippen molar-refractivity contribution in [1.82, 2.24) is 10.3 Å². The molecule has 1 heterocycles. The van der Waals surface area contributed by atoms with Crippen molar-refractivity contribution in [2.24, 2.45) is 0 Å². The molecule has 2 rings (SSSR count). The standard InChI is InChI=1S/C17H21ClN2O3/c1-2-3-14(21)10-19-16(22)8-9-17-20-11-15(23-17)12-4-6-13(18)7-5-12/h4-7,11,14,21H,2-3,8-10H2,1H3,(H,19,22). The van der Waals surface area contributed by atoms with E-state index >= 15 is 0 Å². The Balaban J connectivity index is 1.80. The maximum absolute atomic E-state index is 11.7. The first kappa shape index (κ1) is 17.5. The van der Waals surface area contributed by atoms with Gasteiger partial charge in [0.25, 0.3) is 0 Å². The van der Waals surface area contributed by atoms with Gasteiger partial charge in [-0.15, -0.1) is 0 Å². The van der Waals surface area contributed by atoms with Crippen LogP contribution in [0.3, 0.4) is 0 Å². The van der Waals surface area contributed by atoms with Gasteiger partial charge in [0.05, 0.1) is 12.3 Å². The molecular formula is C17H21ClN2O3. The van der Waals surface area contributed by atoms with Crippen LogP contribution in [0, 0.1) is 0 Å². The SMILES string of the molecule is CCCC(O)CNC(=O)CCc1ncc(-c2ccc(Cl)cc2)o1. The predicted octanol–water partition coefficient (Wildman–Crippen LogP) is 3.20. The fourth-order valence-corrected chi connectivity index (χ4v) is 2.28. The number of amides is 1. The van der Waals surface area contributed by atoms with Crippen molar-refractivity contribution < 1.29 is 14.3 Å². The van der Waals surface area contributed by atoms with Crippen molar-refractivity contribution in [2.45, 2.75) is 38.7 Å². The summed E-state index contributed by atoms with van der Waals surface area (Å²) in [6.45, 7) is 2.28. The van der Waals surface area contributed by atoms with Gasteiger partial charge < -0.3 is 14.8 Å². The molecule has 0 bridgehead atoms. The second kappa shape index (κ2) is 8.70. The number of aryl methyl sites for hydroxylation is 1. The minimum absolute atomic E-state index is 0.119. The highest BCUT2D eigenvalue weighted by Gasteiger charge is 2.10. The van der Waals surface area contributed by atoms with Crippen LogP contribution in [0.25, 0.3) is 11.3 Å². The van der Waals surface area contributed by atoms with Crippen LogP contribution in [0.1, 0.15) is 32.1 Å².